The van der Waals surface area contributed by atoms with Crippen molar-refractivity contribution in [1.29, 1.82) is 0 Å². The van der Waals surface area contributed by atoms with E-state index in [9.17, 15) is 14.0 Å². The maximum absolute atomic E-state index is 13.6. The summed E-state index contributed by atoms with van der Waals surface area (Å²) in [5.74, 6) is -2.35. The number of carbonyl (C=O) groups is 2. The molecule has 5 heteroatoms. The quantitative estimate of drug-likeness (QED) is 0.893. The van der Waals surface area contributed by atoms with Crippen LogP contribution < -0.4 is 0 Å². The van der Waals surface area contributed by atoms with E-state index in [2.05, 4.69) is 0 Å². The van der Waals surface area contributed by atoms with Crippen molar-refractivity contribution in [2.45, 2.75) is 26.3 Å². The number of carboxylic acids is 1. The van der Waals surface area contributed by atoms with Crippen LogP contribution in [-0.4, -0.2) is 35.0 Å². The molecule has 0 spiro atoms. The number of aryl methyl sites for hydroxylation is 1. The van der Waals surface area contributed by atoms with E-state index < -0.39 is 23.7 Å². The second kappa shape index (κ2) is 5.62. The highest BCUT2D eigenvalue weighted by atomic mass is 19.1. The van der Waals surface area contributed by atoms with Crippen molar-refractivity contribution >= 4 is 11.9 Å². The summed E-state index contributed by atoms with van der Waals surface area (Å²) in [6.07, 6.45) is 0.269. The lowest BCUT2D eigenvalue weighted by Gasteiger charge is -2.24. The first kappa shape index (κ1) is 14.2. The minimum absolute atomic E-state index is 0.109. The van der Waals surface area contributed by atoms with Gasteiger partial charge in [-0.1, -0.05) is 13.0 Å². The molecule has 1 amide bonds. The fourth-order valence-corrected chi connectivity index (χ4v) is 1.74. The van der Waals surface area contributed by atoms with E-state index in [0.29, 0.717) is 5.56 Å². The van der Waals surface area contributed by atoms with Crippen molar-refractivity contribution in [3.05, 3.63) is 35.1 Å². The first-order valence-electron chi connectivity index (χ1n) is 5.64. The number of rotatable bonds is 4. The summed E-state index contributed by atoms with van der Waals surface area (Å²) in [4.78, 5) is 24.0. The van der Waals surface area contributed by atoms with Gasteiger partial charge in [0.2, 0.25) is 0 Å². The number of hydrogen-bond acceptors (Lipinski definition) is 2. The zero-order chi connectivity index (χ0) is 13.9. The van der Waals surface area contributed by atoms with Crippen molar-refractivity contribution in [3.63, 3.8) is 0 Å². The SMILES string of the molecule is CCC(C(=O)O)N(C)C(=O)c1ccc(C)cc1F. The van der Waals surface area contributed by atoms with Crippen LogP contribution in [0.2, 0.25) is 0 Å². The number of carbonyl (C=O) groups excluding carboxylic acids is 1. The highest BCUT2D eigenvalue weighted by molar-refractivity contribution is 5.96. The van der Waals surface area contributed by atoms with Crippen LogP contribution in [0.3, 0.4) is 0 Å². The molecule has 0 aliphatic heterocycles. The molecule has 98 valence electrons. The van der Waals surface area contributed by atoms with Gasteiger partial charge in [0, 0.05) is 7.05 Å². The van der Waals surface area contributed by atoms with Gasteiger partial charge in [0.15, 0.2) is 0 Å². The van der Waals surface area contributed by atoms with Gasteiger partial charge in [-0.25, -0.2) is 9.18 Å². The molecule has 0 saturated heterocycles. The van der Waals surface area contributed by atoms with Crippen molar-refractivity contribution in [3.8, 4) is 0 Å². The maximum atomic E-state index is 13.6. The van der Waals surface area contributed by atoms with Crippen LogP contribution in [0.1, 0.15) is 29.3 Å². The van der Waals surface area contributed by atoms with Gasteiger partial charge in [-0.2, -0.15) is 0 Å². The highest BCUT2D eigenvalue weighted by Crippen LogP contribution is 2.14. The summed E-state index contributed by atoms with van der Waals surface area (Å²) in [5, 5.41) is 8.97. The average molecular weight is 253 g/mol. The van der Waals surface area contributed by atoms with Crippen LogP contribution in [-0.2, 0) is 4.79 Å². The number of aliphatic carboxylic acids is 1. The predicted molar refractivity (Wildman–Crippen MR) is 64.9 cm³/mol. The van der Waals surface area contributed by atoms with Crippen molar-refractivity contribution < 1.29 is 19.1 Å². The Balaban J connectivity index is 3.02. The van der Waals surface area contributed by atoms with Crippen molar-refractivity contribution in [2.24, 2.45) is 0 Å². The lowest BCUT2D eigenvalue weighted by molar-refractivity contribution is -0.142. The first-order chi connectivity index (χ1) is 8.38. The first-order valence-corrected chi connectivity index (χ1v) is 5.64. The Hall–Kier alpha value is -1.91. The monoisotopic (exact) mass is 253 g/mol. The number of benzene rings is 1. The Bertz CT molecular complexity index is 473. The third-order valence-electron chi connectivity index (χ3n) is 2.81. The number of likely N-dealkylation sites (N-methyl/N-ethyl adjacent to an activating group) is 1. The third-order valence-corrected chi connectivity index (χ3v) is 2.81. The van der Waals surface area contributed by atoms with Gasteiger partial charge in [-0.15, -0.1) is 0 Å². The van der Waals surface area contributed by atoms with Gasteiger partial charge in [0.25, 0.3) is 5.91 Å². The van der Waals surface area contributed by atoms with Crippen LogP contribution in [0.25, 0.3) is 0 Å². The summed E-state index contributed by atoms with van der Waals surface area (Å²) in [7, 11) is 1.36. The van der Waals surface area contributed by atoms with Crippen LogP contribution in [0.4, 0.5) is 4.39 Å². The Kier molecular flexibility index (Phi) is 4.42. The van der Waals surface area contributed by atoms with E-state index in [4.69, 9.17) is 5.11 Å². The van der Waals surface area contributed by atoms with Gasteiger partial charge >= 0.3 is 5.97 Å². The third kappa shape index (κ3) is 2.85. The number of halogens is 1. The van der Waals surface area contributed by atoms with Gasteiger partial charge in [0.1, 0.15) is 11.9 Å². The fraction of sp³-hybridized carbons (Fsp3) is 0.385. The summed E-state index contributed by atoms with van der Waals surface area (Å²) in [6, 6.07) is 3.30. The molecule has 1 unspecified atom stereocenters. The minimum atomic E-state index is -1.10. The van der Waals surface area contributed by atoms with Crippen molar-refractivity contribution in [2.75, 3.05) is 7.05 Å². The van der Waals surface area contributed by atoms with E-state index in [-0.39, 0.29) is 12.0 Å². The lowest BCUT2D eigenvalue weighted by Crippen LogP contribution is -2.42. The van der Waals surface area contributed by atoms with E-state index >= 15 is 0 Å². The zero-order valence-electron chi connectivity index (χ0n) is 10.6. The molecule has 1 atom stereocenters. The molecular formula is C13H16FNO3. The molecule has 18 heavy (non-hydrogen) atoms. The molecule has 1 aromatic carbocycles. The Morgan fingerprint density at radius 2 is 2.06 bits per heavy atom. The van der Waals surface area contributed by atoms with Gasteiger partial charge in [0.05, 0.1) is 5.56 Å². The van der Waals surface area contributed by atoms with E-state index in [0.717, 1.165) is 4.90 Å². The van der Waals surface area contributed by atoms with Crippen LogP contribution in [0.15, 0.2) is 18.2 Å². The molecule has 0 heterocycles. The van der Waals surface area contributed by atoms with E-state index in [1.54, 1.807) is 19.9 Å². The van der Waals surface area contributed by atoms with Crippen LogP contribution in [0.5, 0.6) is 0 Å². The molecule has 1 N–H and O–H groups in total. The highest BCUT2D eigenvalue weighted by Gasteiger charge is 2.26. The van der Waals surface area contributed by atoms with Crippen molar-refractivity contribution in [1.82, 2.24) is 4.90 Å². The Labute approximate surface area is 105 Å². The summed E-state index contributed by atoms with van der Waals surface area (Å²) in [6.45, 7) is 3.38. The summed E-state index contributed by atoms with van der Waals surface area (Å²) >= 11 is 0. The maximum Gasteiger partial charge on any atom is 0.326 e. The molecule has 0 radical (unpaired) electrons. The second-order valence-corrected chi connectivity index (χ2v) is 4.16. The smallest absolute Gasteiger partial charge is 0.326 e. The largest absolute Gasteiger partial charge is 0.480 e. The molecule has 0 fully saturated rings. The fourth-order valence-electron chi connectivity index (χ4n) is 1.74. The summed E-state index contributed by atoms with van der Waals surface area (Å²) < 4.78 is 13.6. The van der Waals surface area contributed by atoms with E-state index in [1.165, 1.54) is 19.2 Å². The number of nitrogens with zero attached hydrogens (tertiary/aromatic N) is 1. The predicted octanol–water partition coefficient (Wildman–Crippen LogP) is 2.07. The van der Waals surface area contributed by atoms with Gasteiger partial charge < -0.3 is 10.0 Å². The topological polar surface area (TPSA) is 57.6 Å². The molecule has 0 aromatic heterocycles. The molecule has 0 bridgehead atoms. The molecular weight excluding hydrogens is 237 g/mol. The number of carboxylic acid groups (broad SMARTS) is 1. The Morgan fingerprint density at radius 3 is 2.50 bits per heavy atom. The number of hydrogen-bond donors (Lipinski definition) is 1. The van der Waals surface area contributed by atoms with Gasteiger partial charge in [-0.3, -0.25) is 4.79 Å². The van der Waals surface area contributed by atoms with Gasteiger partial charge in [-0.05, 0) is 31.0 Å². The average Bonchev–Trinajstić information content (AvgIpc) is 2.28. The second-order valence-electron chi connectivity index (χ2n) is 4.16. The summed E-state index contributed by atoms with van der Waals surface area (Å²) in [5.41, 5.74) is 0.597. The molecule has 0 saturated carbocycles. The molecule has 0 aliphatic rings. The zero-order valence-corrected chi connectivity index (χ0v) is 10.6. The Morgan fingerprint density at radius 1 is 1.44 bits per heavy atom. The lowest BCUT2D eigenvalue weighted by atomic mass is 10.1. The number of amides is 1. The minimum Gasteiger partial charge on any atom is -0.480 e. The molecule has 0 aliphatic carbocycles. The normalized spacial score (nSPS) is 12.0. The van der Waals surface area contributed by atoms with E-state index in [1.807, 2.05) is 0 Å². The molecule has 1 aromatic rings. The van der Waals surface area contributed by atoms with Crippen LogP contribution >= 0.6 is 0 Å². The molecule has 4 nitrogen and oxygen atoms in total. The van der Waals surface area contributed by atoms with Crippen LogP contribution in [0, 0.1) is 12.7 Å². The standard InChI is InChI=1S/C13H16FNO3/c1-4-11(13(17)18)15(3)12(16)9-6-5-8(2)7-10(9)14/h5-7,11H,4H2,1-3H3,(H,17,18). The molecule has 1 rings (SSSR count).